The maximum absolute atomic E-state index is 14.3. The molecule has 0 spiro atoms. The van der Waals surface area contributed by atoms with Gasteiger partial charge in [-0.2, -0.15) is 5.10 Å². The summed E-state index contributed by atoms with van der Waals surface area (Å²) in [6, 6.07) is 24.3. The summed E-state index contributed by atoms with van der Waals surface area (Å²) in [4.78, 5) is 42.2. The fraction of sp³-hybridized carbons (Fsp3) is 0.250. The summed E-state index contributed by atoms with van der Waals surface area (Å²) < 4.78 is 3.52. The van der Waals surface area contributed by atoms with Crippen molar-refractivity contribution >= 4 is 34.4 Å². The van der Waals surface area contributed by atoms with Gasteiger partial charge >= 0.3 is 5.97 Å². The van der Waals surface area contributed by atoms with Crippen molar-refractivity contribution < 1.29 is 19.5 Å². The van der Waals surface area contributed by atoms with Crippen LogP contribution in [0.5, 0.6) is 0 Å². The Bertz CT molecular complexity index is 1830. The van der Waals surface area contributed by atoms with E-state index in [1.54, 1.807) is 28.8 Å². The lowest BCUT2D eigenvalue weighted by molar-refractivity contribution is -0.136. The number of aliphatic carboxylic acids is 1. The third kappa shape index (κ3) is 5.14. The molecule has 0 radical (unpaired) electrons. The van der Waals surface area contributed by atoms with Crippen molar-refractivity contribution in [1.29, 1.82) is 0 Å². The monoisotopic (exact) mass is 577 g/mol. The third-order valence-corrected chi connectivity index (χ3v) is 7.70. The number of anilines is 1. The molecule has 0 bridgehead atoms. The van der Waals surface area contributed by atoms with Gasteiger partial charge in [-0.25, -0.2) is 0 Å². The van der Waals surface area contributed by atoms with Crippen LogP contribution in [0.25, 0.3) is 28.0 Å². The number of fused-ring (bicyclic) bond motifs is 4. The predicted octanol–water partition coefficient (Wildman–Crippen LogP) is 3.91. The van der Waals surface area contributed by atoms with Gasteiger partial charge in [0, 0.05) is 31.0 Å². The molecule has 11 nitrogen and oxygen atoms in total. The minimum atomic E-state index is -1.13. The molecule has 2 amide bonds. The quantitative estimate of drug-likeness (QED) is 0.282. The van der Waals surface area contributed by atoms with Crippen LogP contribution in [-0.4, -0.2) is 72.5 Å². The van der Waals surface area contributed by atoms with Crippen LogP contribution in [0, 0.1) is 0 Å². The van der Waals surface area contributed by atoms with Gasteiger partial charge in [0.05, 0.1) is 22.6 Å². The van der Waals surface area contributed by atoms with E-state index in [0.29, 0.717) is 35.3 Å². The summed E-state index contributed by atoms with van der Waals surface area (Å²) in [5.41, 5.74) is 3.25. The average molecular weight is 578 g/mol. The second kappa shape index (κ2) is 11.5. The highest BCUT2D eigenvalue weighted by molar-refractivity contribution is 6.04. The fourth-order valence-corrected chi connectivity index (χ4v) is 5.68. The van der Waals surface area contributed by atoms with Crippen LogP contribution in [-0.2, 0) is 27.3 Å². The first-order chi connectivity index (χ1) is 20.9. The number of nitrogens with zero attached hydrogens (tertiary/aromatic N) is 7. The number of para-hydroxylation sites is 3. The lowest BCUT2D eigenvalue weighted by Crippen LogP contribution is -2.39. The normalized spacial score (nSPS) is 14.3. The van der Waals surface area contributed by atoms with Gasteiger partial charge < -0.3 is 10.0 Å². The number of hydrogen-bond acceptors (Lipinski definition) is 6. The smallest absolute Gasteiger partial charge is 0.323 e. The molecule has 6 rings (SSSR count). The summed E-state index contributed by atoms with van der Waals surface area (Å²) in [6.07, 6.45) is 0.973. The number of carbonyl (C=O) groups excluding carboxylic acids is 2. The standard InChI is InChI=1S/C32H31N7O4/c1-3-17-36(2)28(40)19-38-25-14-8-7-13-22(25)24(35-38)18-23-31-34-33-30(21-11-5-4-6-12-21)39(31)27-16-10-9-15-26(27)37(32(23)43)20-29(41)42/h4-16,23H,3,17-20H2,1-2H3,(H,41,42). The molecule has 0 fully saturated rings. The summed E-state index contributed by atoms with van der Waals surface area (Å²) in [5, 5.41) is 24.5. The van der Waals surface area contributed by atoms with Crippen LogP contribution in [0.3, 0.4) is 0 Å². The molecule has 1 atom stereocenters. The molecule has 0 saturated carbocycles. The second-order valence-electron chi connectivity index (χ2n) is 10.6. The van der Waals surface area contributed by atoms with Crippen molar-refractivity contribution in [2.45, 2.75) is 32.2 Å². The molecule has 5 aromatic rings. The maximum Gasteiger partial charge on any atom is 0.323 e. The largest absolute Gasteiger partial charge is 0.480 e. The number of amides is 2. The Hall–Kier alpha value is -5.32. The van der Waals surface area contributed by atoms with Crippen LogP contribution >= 0.6 is 0 Å². The number of hydrogen-bond donors (Lipinski definition) is 1. The molecule has 1 unspecified atom stereocenters. The van der Waals surface area contributed by atoms with Crippen molar-refractivity contribution in [2.75, 3.05) is 25.0 Å². The minimum absolute atomic E-state index is 0.0561. The molecule has 1 aliphatic rings. The molecule has 218 valence electrons. The van der Waals surface area contributed by atoms with Crippen LogP contribution in [0.15, 0.2) is 78.9 Å². The zero-order valence-electron chi connectivity index (χ0n) is 23.9. The molecular weight excluding hydrogens is 546 g/mol. The Kier molecular flexibility index (Phi) is 7.45. The topological polar surface area (TPSA) is 126 Å². The number of aromatic nitrogens is 5. The highest BCUT2D eigenvalue weighted by atomic mass is 16.4. The number of rotatable bonds is 9. The minimum Gasteiger partial charge on any atom is -0.480 e. The van der Waals surface area contributed by atoms with E-state index in [1.165, 1.54) is 4.90 Å². The molecule has 0 aliphatic carbocycles. The van der Waals surface area contributed by atoms with Crippen LogP contribution < -0.4 is 4.90 Å². The SMILES string of the molecule is CCCN(C)C(=O)Cn1nc(CC2C(=O)N(CC(=O)O)c3ccccc3-n3c(-c4ccccc4)nnc32)c2ccccc21. The van der Waals surface area contributed by atoms with Gasteiger partial charge in [-0.3, -0.25) is 28.5 Å². The van der Waals surface area contributed by atoms with Gasteiger partial charge in [0.25, 0.3) is 0 Å². The van der Waals surface area contributed by atoms with Gasteiger partial charge in [0.2, 0.25) is 11.8 Å². The van der Waals surface area contributed by atoms with Gasteiger partial charge in [-0.15, -0.1) is 10.2 Å². The fourth-order valence-electron chi connectivity index (χ4n) is 5.68. The first-order valence-corrected chi connectivity index (χ1v) is 14.2. The highest BCUT2D eigenvalue weighted by Gasteiger charge is 2.39. The summed E-state index contributed by atoms with van der Waals surface area (Å²) in [6.45, 7) is 2.20. The Morgan fingerprint density at radius 2 is 1.60 bits per heavy atom. The van der Waals surface area contributed by atoms with E-state index >= 15 is 0 Å². The molecule has 3 aromatic carbocycles. The number of likely N-dealkylation sites (N-methyl/N-ethyl adjacent to an activating group) is 1. The summed E-state index contributed by atoms with van der Waals surface area (Å²) >= 11 is 0. The van der Waals surface area contributed by atoms with Gasteiger partial charge in [-0.05, 0) is 24.6 Å². The van der Waals surface area contributed by atoms with Crippen molar-refractivity contribution in [3.05, 3.63) is 90.4 Å². The lowest BCUT2D eigenvalue weighted by atomic mass is 9.98. The molecule has 11 heteroatoms. The molecule has 43 heavy (non-hydrogen) atoms. The number of carboxylic acid groups (broad SMARTS) is 1. The first-order valence-electron chi connectivity index (χ1n) is 14.2. The van der Waals surface area contributed by atoms with Gasteiger partial charge in [0.1, 0.15) is 19.0 Å². The second-order valence-corrected chi connectivity index (χ2v) is 10.6. The summed E-state index contributed by atoms with van der Waals surface area (Å²) in [5.74, 6) is -1.59. The van der Waals surface area contributed by atoms with E-state index in [0.717, 1.165) is 22.9 Å². The molecule has 0 saturated heterocycles. The Morgan fingerprint density at radius 1 is 0.907 bits per heavy atom. The summed E-state index contributed by atoms with van der Waals surface area (Å²) in [7, 11) is 1.77. The van der Waals surface area contributed by atoms with Crippen LogP contribution in [0.2, 0.25) is 0 Å². The first kappa shape index (κ1) is 27.8. The van der Waals surface area contributed by atoms with Crippen molar-refractivity contribution in [2.24, 2.45) is 0 Å². The molecule has 3 heterocycles. The van der Waals surface area contributed by atoms with Crippen molar-refractivity contribution in [3.63, 3.8) is 0 Å². The van der Waals surface area contributed by atoms with E-state index in [-0.39, 0.29) is 18.9 Å². The Labute approximate surface area is 248 Å². The predicted molar refractivity (Wildman–Crippen MR) is 161 cm³/mol. The van der Waals surface area contributed by atoms with Crippen molar-refractivity contribution in [1.82, 2.24) is 29.4 Å². The highest BCUT2D eigenvalue weighted by Crippen LogP contribution is 2.38. The van der Waals surface area contributed by atoms with E-state index in [1.807, 2.05) is 78.2 Å². The van der Waals surface area contributed by atoms with E-state index in [4.69, 9.17) is 5.10 Å². The Balaban J connectivity index is 1.49. The number of benzene rings is 3. The van der Waals surface area contributed by atoms with E-state index < -0.39 is 24.3 Å². The van der Waals surface area contributed by atoms with Gasteiger partial charge in [0.15, 0.2) is 11.6 Å². The zero-order valence-corrected chi connectivity index (χ0v) is 23.9. The Morgan fingerprint density at radius 3 is 2.35 bits per heavy atom. The zero-order chi connectivity index (χ0) is 30.1. The average Bonchev–Trinajstić information content (AvgIpc) is 3.58. The number of carbonyl (C=O) groups is 3. The van der Waals surface area contributed by atoms with E-state index in [2.05, 4.69) is 10.2 Å². The number of carboxylic acids is 1. The van der Waals surface area contributed by atoms with Crippen LogP contribution in [0.4, 0.5) is 5.69 Å². The molecule has 2 aromatic heterocycles. The molecule has 1 aliphatic heterocycles. The van der Waals surface area contributed by atoms with E-state index in [9.17, 15) is 19.5 Å². The third-order valence-electron chi connectivity index (χ3n) is 7.70. The lowest BCUT2D eigenvalue weighted by Gasteiger charge is -2.23. The molecular formula is C32H31N7O4. The van der Waals surface area contributed by atoms with Crippen LogP contribution in [0.1, 0.15) is 30.8 Å². The maximum atomic E-state index is 14.3. The molecule has 1 N–H and O–H groups in total. The van der Waals surface area contributed by atoms with Gasteiger partial charge in [-0.1, -0.05) is 67.6 Å². The van der Waals surface area contributed by atoms with Crippen molar-refractivity contribution in [3.8, 4) is 17.1 Å².